The summed E-state index contributed by atoms with van der Waals surface area (Å²) in [7, 11) is 5.91. The minimum atomic E-state index is -0.816. The molecule has 3 rings (SSSR count). The third-order valence-electron chi connectivity index (χ3n) is 8.14. The van der Waals surface area contributed by atoms with Gasteiger partial charge in [0.15, 0.2) is 11.5 Å². The Labute approximate surface area is 269 Å². The maximum Gasteiger partial charge on any atom is 0.328 e. The van der Waals surface area contributed by atoms with Crippen LogP contribution in [0.2, 0.25) is 0 Å². The molecular weight excluding hydrogens is 598 g/mol. The summed E-state index contributed by atoms with van der Waals surface area (Å²) < 4.78 is 22.0. The summed E-state index contributed by atoms with van der Waals surface area (Å²) in [5.41, 5.74) is 2.76. The number of aryl methyl sites for hydroxylation is 1. The van der Waals surface area contributed by atoms with E-state index in [-0.39, 0.29) is 22.9 Å². The number of carbonyl (C=O) groups excluding carboxylic acids is 3. The average molecular weight is 644 g/mol. The lowest BCUT2D eigenvalue weighted by Crippen LogP contribution is -2.50. The first-order valence-electron chi connectivity index (χ1n) is 15.0. The number of nitrogens with one attached hydrogen (secondary N) is 3. The fraction of sp³-hybridized carbons (Fsp3) is 0.515. The van der Waals surface area contributed by atoms with Gasteiger partial charge in [0.2, 0.25) is 23.0 Å². The zero-order chi connectivity index (χ0) is 33.3. The van der Waals surface area contributed by atoms with Crippen molar-refractivity contribution < 1.29 is 33.3 Å². The second-order valence-corrected chi connectivity index (χ2v) is 12.0. The van der Waals surface area contributed by atoms with Gasteiger partial charge in [0.25, 0.3) is 0 Å². The maximum atomic E-state index is 13.9. The first kappa shape index (κ1) is 35.5. The molecular formula is C33H45N3O8S. The van der Waals surface area contributed by atoms with Gasteiger partial charge in [-0.2, -0.15) is 11.8 Å². The first-order chi connectivity index (χ1) is 21.5. The topological polar surface area (TPSA) is 141 Å². The van der Waals surface area contributed by atoms with Crippen molar-refractivity contribution in [1.29, 1.82) is 0 Å². The van der Waals surface area contributed by atoms with Crippen LogP contribution in [0, 0.1) is 5.92 Å². The van der Waals surface area contributed by atoms with Crippen LogP contribution in [0.5, 0.6) is 17.2 Å². The van der Waals surface area contributed by atoms with Gasteiger partial charge in [-0.05, 0) is 72.1 Å². The zero-order valence-electron chi connectivity index (χ0n) is 27.3. The lowest BCUT2D eigenvalue weighted by atomic mass is 9.95. The molecule has 0 saturated carbocycles. The molecule has 3 N–H and O–H groups in total. The Morgan fingerprint density at radius 1 is 1.04 bits per heavy atom. The van der Waals surface area contributed by atoms with E-state index in [4.69, 9.17) is 18.9 Å². The number of hydrogen-bond acceptors (Lipinski definition) is 10. The van der Waals surface area contributed by atoms with E-state index in [0.717, 1.165) is 11.1 Å². The van der Waals surface area contributed by atoms with Crippen molar-refractivity contribution in [2.75, 3.05) is 45.8 Å². The molecule has 0 radical (unpaired) electrons. The number of carbonyl (C=O) groups is 3. The summed E-state index contributed by atoms with van der Waals surface area (Å²) in [6.45, 7) is 5.29. The van der Waals surface area contributed by atoms with E-state index in [1.807, 2.05) is 26.2 Å². The molecule has 11 nitrogen and oxygen atoms in total. The van der Waals surface area contributed by atoms with Crippen LogP contribution in [-0.4, -0.2) is 70.3 Å². The third kappa shape index (κ3) is 8.22. The predicted molar refractivity (Wildman–Crippen MR) is 176 cm³/mol. The third-order valence-corrected chi connectivity index (χ3v) is 8.78. The molecule has 0 aromatic heterocycles. The van der Waals surface area contributed by atoms with Gasteiger partial charge in [-0.1, -0.05) is 26.3 Å². The Morgan fingerprint density at radius 3 is 2.33 bits per heavy atom. The second-order valence-electron chi connectivity index (χ2n) is 11.0. The largest absolute Gasteiger partial charge is 0.493 e. The number of amides is 2. The van der Waals surface area contributed by atoms with Crippen molar-refractivity contribution in [3.63, 3.8) is 0 Å². The molecule has 4 unspecified atom stereocenters. The van der Waals surface area contributed by atoms with Crippen molar-refractivity contribution in [3.05, 3.63) is 45.6 Å². The number of rotatable bonds is 14. The van der Waals surface area contributed by atoms with Crippen molar-refractivity contribution in [2.24, 2.45) is 5.92 Å². The first-order valence-corrected chi connectivity index (χ1v) is 16.4. The Balaban J connectivity index is 2.18. The van der Waals surface area contributed by atoms with Gasteiger partial charge in [-0.25, -0.2) is 4.79 Å². The van der Waals surface area contributed by atoms with Crippen LogP contribution in [0.25, 0.3) is 11.1 Å². The fourth-order valence-electron chi connectivity index (χ4n) is 5.58. The van der Waals surface area contributed by atoms with Gasteiger partial charge in [-0.3, -0.25) is 14.4 Å². The number of fused-ring (bicyclic) bond motifs is 3. The highest BCUT2D eigenvalue weighted by atomic mass is 32.2. The SMILES string of the molecule is CCC(C)C(Nc1ccc2c(cc1=O)C(NC(C)=O)CCc1cc(OC)c(OC)c(OC)c1-2)C(=O)NC(CCSC)C(=O)OC. The van der Waals surface area contributed by atoms with Crippen molar-refractivity contribution in [3.8, 4) is 28.4 Å². The standard InChI is InChI=1S/C33H45N3O8S/c1-9-18(2)29(32(39)36-25(14-15-45-8)33(40)44-7)35-24-13-11-21-22(17-26(24)38)23(34-19(3)37)12-10-20-16-27(41-4)30(42-5)31(43-6)28(20)21/h11,13,16-18,23,25,29H,9-10,12,14-15H2,1-8H3,(H,34,37)(H,35,38)(H,36,39). The number of hydrogen-bond donors (Lipinski definition) is 3. The van der Waals surface area contributed by atoms with Gasteiger partial charge < -0.3 is 34.9 Å². The molecule has 0 spiro atoms. The van der Waals surface area contributed by atoms with Crippen LogP contribution < -0.4 is 35.6 Å². The van der Waals surface area contributed by atoms with E-state index >= 15 is 0 Å². The van der Waals surface area contributed by atoms with Crippen molar-refractivity contribution >= 4 is 35.2 Å². The molecule has 246 valence electrons. The van der Waals surface area contributed by atoms with E-state index in [0.29, 0.717) is 59.8 Å². The molecule has 2 aromatic rings. The summed E-state index contributed by atoms with van der Waals surface area (Å²) in [5.74, 6) is 0.665. The van der Waals surface area contributed by atoms with Gasteiger partial charge >= 0.3 is 5.97 Å². The van der Waals surface area contributed by atoms with Crippen LogP contribution >= 0.6 is 11.8 Å². The Kier molecular flexibility index (Phi) is 13.0. The highest BCUT2D eigenvalue weighted by Gasteiger charge is 2.32. The molecule has 0 saturated heterocycles. The lowest BCUT2D eigenvalue weighted by molar-refractivity contribution is -0.145. The molecule has 0 bridgehead atoms. The monoisotopic (exact) mass is 643 g/mol. The van der Waals surface area contributed by atoms with Crippen LogP contribution in [0.3, 0.4) is 0 Å². The van der Waals surface area contributed by atoms with Gasteiger partial charge in [0.1, 0.15) is 12.1 Å². The van der Waals surface area contributed by atoms with E-state index in [9.17, 15) is 19.2 Å². The molecule has 0 fully saturated rings. The number of esters is 1. The van der Waals surface area contributed by atoms with E-state index < -0.39 is 30.0 Å². The number of thioether (sulfide) groups is 1. The summed E-state index contributed by atoms with van der Waals surface area (Å²) in [4.78, 5) is 52.1. The van der Waals surface area contributed by atoms with Crippen molar-refractivity contribution in [2.45, 2.75) is 64.6 Å². The second kappa shape index (κ2) is 16.4. The highest BCUT2D eigenvalue weighted by molar-refractivity contribution is 7.98. The van der Waals surface area contributed by atoms with Gasteiger partial charge in [0, 0.05) is 12.5 Å². The Bertz CT molecular complexity index is 1450. The molecule has 0 heterocycles. The van der Waals surface area contributed by atoms with Crippen LogP contribution in [-0.2, 0) is 25.5 Å². The molecule has 12 heteroatoms. The fourth-order valence-corrected chi connectivity index (χ4v) is 6.06. The molecule has 0 aliphatic heterocycles. The summed E-state index contributed by atoms with van der Waals surface area (Å²) in [6, 6.07) is 4.74. The summed E-state index contributed by atoms with van der Waals surface area (Å²) in [6.07, 6.45) is 4.06. The zero-order valence-corrected chi connectivity index (χ0v) is 28.1. The van der Waals surface area contributed by atoms with Crippen LogP contribution in [0.1, 0.15) is 57.2 Å². The van der Waals surface area contributed by atoms with Crippen LogP contribution in [0.15, 0.2) is 29.1 Å². The smallest absolute Gasteiger partial charge is 0.328 e. The molecule has 1 aliphatic rings. The summed E-state index contributed by atoms with van der Waals surface area (Å²) in [5, 5.41) is 9.00. The van der Waals surface area contributed by atoms with Gasteiger partial charge in [-0.15, -0.1) is 0 Å². The van der Waals surface area contributed by atoms with Crippen LogP contribution in [0.4, 0.5) is 5.69 Å². The minimum Gasteiger partial charge on any atom is -0.493 e. The maximum absolute atomic E-state index is 13.9. The molecule has 2 amide bonds. The Morgan fingerprint density at radius 2 is 1.76 bits per heavy atom. The molecule has 2 aromatic carbocycles. The number of ether oxygens (including phenoxy) is 4. The molecule has 4 atom stereocenters. The lowest BCUT2D eigenvalue weighted by Gasteiger charge is -2.26. The van der Waals surface area contributed by atoms with E-state index in [1.165, 1.54) is 27.2 Å². The Hall–Kier alpha value is -3.93. The average Bonchev–Trinajstić information content (AvgIpc) is 3.27. The van der Waals surface area contributed by atoms with E-state index in [2.05, 4.69) is 16.0 Å². The minimum absolute atomic E-state index is 0.184. The van der Waals surface area contributed by atoms with Gasteiger partial charge in [0.05, 0.1) is 40.2 Å². The van der Waals surface area contributed by atoms with Crippen molar-refractivity contribution in [1.82, 2.24) is 10.6 Å². The highest BCUT2D eigenvalue weighted by Crippen LogP contribution is 2.50. The number of methoxy groups -OCH3 is 4. The number of benzene rings is 1. The number of anilines is 1. The molecule has 1 aliphatic carbocycles. The predicted octanol–water partition coefficient (Wildman–Crippen LogP) is 4.10. The van der Waals surface area contributed by atoms with E-state index in [1.54, 1.807) is 38.1 Å². The molecule has 45 heavy (non-hydrogen) atoms. The summed E-state index contributed by atoms with van der Waals surface area (Å²) >= 11 is 1.56. The quantitative estimate of drug-likeness (QED) is 0.258. The normalized spacial score (nSPS) is 15.6.